The first-order valence-corrected chi connectivity index (χ1v) is 14.5. The fraction of sp³-hybridized carbons (Fsp3) is 0.464. The molecule has 1 aromatic heterocycles. The van der Waals surface area contributed by atoms with Gasteiger partial charge in [-0.05, 0) is 45.1 Å². The first-order chi connectivity index (χ1) is 16.9. The molecule has 2 aromatic carbocycles. The van der Waals surface area contributed by atoms with E-state index >= 15 is 0 Å². The molecule has 2 amide bonds. The summed E-state index contributed by atoms with van der Waals surface area (Å²) in [7, 11) is 0. The molecule has 0 N–H and O–H groups in total. The summed E-state index contributed by atoms with van der Waals surface area (Å²) in [5, 5.41) is 3.41. The minimum Gasteiger partial charge on any atom is -0.320 e. The number of nitrogens with zero attached hydrogens (tertiary/aromatic N) is 2. The van der Waals surface area contributed by atoms with E-state index < -0.39 is 0 Å². The summed E-state index contributed by atoms with van der Waals surface area (Å²) in [6.07, 6.45) is 8.63. The van der Waals surface area contributed by atoms with E-state index in [1.165, 1.54) is 0 Å². The molecule has 0 bridgehead atoms. The van der Waals surface area contributed by atoms with E-state index in [4.69, 9.17) is 24.8 Å². The van der Waals surface area contributed by atoms with Gasteiger partial charge in [-0.3, -0.25) is 14.5 Å². The van der Waals surface area contributed by atoms with Gasteiger partial charge in [0.1, 0.15) is 10.4 Å². The average Bonchev–Trinajstić information content (AvgIpc) is 3.59. The fourth-order valence-corrected chi connectivity index (χ4v) is 9.26. The Bertz CT molecular complexity index is 1480. The molecule has 0 saturated heterocycles. The lowest BCUT2D eigenvalue weighted by Gasteiger charge is -2.41. The number of thiophene rings is 1. The Morgan fingerprint density at radius 2 is 1.40 bits per heavy atom. The number of thiocarbonyl (C=S) groups is 1. The normalized spacial score (nSPS) is 23.1. The Labute approximate surface area is 220 Å². The van der Waals surface area contributed by atoms with Gasteiger partial charge in [0, 0.05) is 48.9 Å². The number of carbonyl (C=O) groups is 2. The smallest absolute Gasteiger partial charge is 0.260 e. The predicted molar refractivity (Wildman–Crippen MR) is 149 cm³/mol. The highest BCUT2D eigenvalue weighted by Crippen LogP contribution is 2.51. The van der Waals surface area contributed by atoms with Crippen molar-refractivity contribution in [3.8, 4) is 0 Å². The molecule has 2 fully saturated rings. The van der Waals surface area contributed by atoms with Crippen LogP contribution in [-0.2, 0) is 0 Å². The Hall–Kier alpha value is -1.96. The number of fused-ring (bicyclic) bond motifs is 3. The van der Waals surface area contributed by atoms with Gasteiger partial charge in [0.25, 0.3) is 11.8 Å². The molecule has 1 unspecified atom stereocenters. The summed E-state index contributed by atoms with van der Waals surface area (Å²) in [6.45, 7) is 4.17. The summed E-state index contributed by atoms with van der Waals surface area (Å²) in [5.74, 6) is 0.0842. The second kappa shape index (κ2) is 7.77. The van der Waals surface area contributed by atoms with Crippen LogP contribution in [0, 0.1) is 13.8 Å². The van der Waals surface area contributed by atoms with E-state index in [0.717, 1.165) is 105 Å². The largest absolute Gasteiger partial charge is 0.320 e. The summed E-state index contributed by atoms with van der Waals surface area (Å²) in [6, 6.07) is 4.59. The molecule has 3 aromatic rings. The number of thiol groups is 1. The summed E-state index contributed by atoms with van der Waals surface area (Å²) in [4.78, 5) is 35.3. The number of hydrogen-bond acceptors (Lipinski definition) is 5. The van der Waals surface area contributed by atoms with Gasteiger partial charge in [-0.25, -0.2) is 0 Å². The summed E-state index contributed by atoms with van der Waals surface area (Å²) >= 11 is 12.7. The standard InChI is InChI=1S/C28H28N2O2S3/c1-13-19-20(14(2)35-13)24-22-18(28(34)30(26(24)32)16-9-5-6-10-16)12-11-17-21(22)23(19)25(31)29(27(17)33)15-7-3-4-8-15/h11-12,15-16,27,33H,3-10H2,1-2H3. The highest BCUT2D eigenvalue weighted by atomic mass is 32.1. The predicted octanol–water partition coefficient (Wildman–Crippen LogP) is 7.07. The molecule has 0 radical (unpaired) electrons. The van der Waals surface area contributed by atoms with Crippen molar-refractivity contribution in [2.75, 3.05) is 0 Å². The van der Waals surface area contributed by atoms with Crippen molar-refractivity contribution < 1.29 is 9.59 Å². The van der Waals surface area contributed by atoms with Crippen LogP contribution >= 0.6 is 36.2 Å². The van der Waals surface area contributed by atoms with Crippen molar-refractivity contribution in [1.29, 1.82) is 0 Å². The van der Waals surface area contributed by atoms with Gasteiger partial charge < -0.3 is 4.90 Å². The van der Waals surface area contributed by atoms with Gasteiger partial charge in [-0.15, -0.1) is 24.0 Å². The molecule has 2 aliphatic carbocycles. The monoisotopic (exact) mass is 520 g/mol. The second-order valence-corrected chi connectivity index (χ2v) is 12.9. The van der Waals surface area contributed by atoms with Gasteiger partial charge in [0.15, 0.2) is 0 Å². The number of rotatable bonds is 2. The van der Waals surface area contributed by atoms with Crippen LogP contribution < -0.4 is 0 Å². The lowest BCUT2D eigenvalue weighted by Crippen LogP contribution is -2.46. The minimum absolute atomic E-state index is 0.0189. The third-order valence-corrected chi connectivity index (χ3v) is 10.7. The third kappa shape index (κ3) is 2.83. The molecule has 2 aliphatic heterocycles. The molecule has 1 atom stereocenters. The number of amides is 2. The SMILES string of the molecule is Cc1sc(C)c2c3c4c(ccc5c4c(c12)C(=O)N(C1CCCC1)C5=S)C(S)N(C1CCCC1)C3=O. The molecule has 4 aliphatic rings. The molecule has 35 heavy (non-hydrogen) atoms. The van der Waals surface area contributed by atoms with E-state index in [2.05, 4.69) is 26.0 Å². The zero-order valence-corrected chi connectivity index (χ0v) is 22.5. The van der Waals surface area contributed by atoms with Crippen molar-refractivity contribution >= 4 is 74.5 Å². The maximum absolute atomic E-state index is 14.3. The van der Waals surface area contributed by atoms with E-state index in [1.807, 2.05) is 9.80 Å². The van der Waals surface area contributed by atoms with E-state index in [0.29, 0.717) is 4.99 Å². The lowest BCUT2D eigenvalue weighted by atomic mass is 9.81. The molecule has 2 saturated carbocycles. The van der Waals surface area contributed by atoms with Crippen LogP contribution in [-0.4, -0.2) is 38.7 Å². The Balaban J connectivity index is 1.59. The molecular formula is C28H28N2O2S3. The quantitative estimate of drug-likeness (QED) is 0.290. The first kappa shape index (κ1) is 22.3. The average molecular weight is 521 g/mol. The van der Waals surface area contributed by atoms with Crippen LogP contribution in [0.1, 0.15) is 98.3 Å². The molecule has 3 heterocycles. The zero-order valence-electron chi connectivity index (χ0n) is 20.0. The second-order valence-electron chi connectivity index (χ2n) is 10.6. The van der Waals surface area contributed by atoms with Crippen LogP contribution in [0.2, 0.25) is 0 Å². The number of hydrogen-bond donors (Lipinski definition) is 1. The van der Waals surface area contributed by atoms with Crippen LogP contribution in [0.4, 0.5) is 0 Å². The van der Waals surface area contributed by atoms with E-state index in [1.54, 1.807) is 11.3 Å². The summed E-state index contributed by atoms with van der Waals surface area (Å²) < 4.78 is 0. The maximum Gasteiger partial charge on any atom is 0.260 e. The van der Waals surface area contributed by atoms with Crippen molar-refractivity contribution in [1.82, 2.24) is 9.80 Å². The van der Waals surface area contributed by atoms with Gasteiger partial charge in [-0.1, -0.05) is 50.0 Å². The van der Waals surface area contributed by atoms with E-state index in [-0.39, 0.29) is 29.3 Å². The van der Waals surface area contributed by atoms with Crippen molar-refractivity contribution in [3.05, 3.63) is 44.1 Å². The number of aryl methyl sites for hydroxylation is 2. The summed E-state index contributed by atoms with van der Waals surface area (Å²) in [5.41, 5.74) is 3.47. The van der Waals surface area contributed by atoms with Gasteiger partial charge in [-0.2, -0.15) is 0 Å². The highest BCUT2D eigenvalue weighted by Gasteiger charge is 2.44. The lowest BCUT2D eigenvalue weighted by molar-refractivity contribution is 0.0652. The molecule has 4 nitrogen and oxygen atoms in total. The molecule has 7 rings (SSSR count). The van der Waals surface area contributed by atoms with Crippen LogP contribution in [0.15, 0.2) is 12.1 Å². The van der Waals surface area contributed by atoms with Crippen LogP contribution in [0.3, 0.4) is 0 Å². The molecule has 180 valence electrons. The van der Waals surface area contributed by atoms with Crippen LogP contribution in [0.5, 0.6) is 0 Å². The van der Waals surface area contributed by atoms with Crippen molar-refractivity contribution in [2.45, 2.75) is 82.7 Å². The zero-order chi connectivity index (χ0) is 24.2. The maximum atomic E-state index is 14.3. The minimum atomic E-state index is -0.311. The van der Waals surface area contributed by atoms with Gasteiger partial charge in [0.05, 0.1) is 11.1 Å². The van der Waals surface area contributed by atoms with Crippen LogP contribution in [0.25, 0.3) is 21.5 Å². The Morgan fingerprint density at radius 3 is 2.03 bits per heavy atom. The van der Waals surface area contributed by atoms with Crippen molar-refractivity contribution in [2.24, 2.45) is 0 Å². The Kier molecular flexibility index (Phi) is 4.94. The fourth-order valence-electron chi connectivity index (χ4n) is 7.28. The number of benzene rings is 2. The van der Waals surface area contributed by atoms with Gasteiger partial charge >= 0.3 is 0 Å². The van der Waals surface area contributed by atoms with Crippen molar-refractivity contribution in [3.63, 3.8) is 0 Å². The third-order valence-electron chi connectivity index (χ3n) is 8.78. The topological polar surface area (TPSA) is 40.6 Å². The Morgan fingerprint density at radius 1 is 0.829 bits per heavy atom. The van der Waals surface area contributed by atoms with E-state index in [9.17, 15) is 9.59 Å². The molecule has 0 spiro atoms. The number of carbonyl (C=O) groups excluding carboxylic acids is 2. The van der Waals surface area contributed by atoms with Gasteiger partial charge in [0.2, 0.25) is 0 Å². The molecular weight excluding hydrogens is 493 g/mol. The molecule has 7 heteroatoms. The highest BCUT2D eigenvalue weighted by molar-refractivity contribution is 7.81. The first-order valence-electron chi connectivity index (χ1n) is 12.8.